The second-order valence-electron chi connectivity index (χ2n) is 6.05. The molecule has 0 N–H and O–H groups in total. The maximum absolute atomic E-state index is 12.8. The summed E-state index contributed by atoms with van der Waals surface area (Å²) in [4.78, 5) is 32.9. The van der Waals surface area contributed by atoms with Crippen LogP contribution in [0.25, 0.3) is 0 Å². The molecule has 1 aliphatic heterocycles. The normalized spacial score (nSPS) is 18.5. The summed E-state index contributed by atoms with van der Waals surface area (Å²) < 4.78 is 8.94. The third-order valence-electron chi connectivity index (χ3n) is 4.20. The highest BCUT2D eigenvalue weighted by Crippen LogP contribution is 2.29. The smallest absolute Gasteiger partial charge is 0.350 e. The van der Waals surface area contributed by atoms with E-state index in [1.54, 1.807) is 23.6 Å². The van der Waals surface area contributed by atoms with Crippen LogP contribution in [0.2, 0.25) is 0 Å². The van der Waals surface area contributed by atoms with Crippen molar-refractivity contribution >= 4 is 47.0 Å². The number of ether oxygens (including phenoxy) is 1. The minimum Gasteiger partial charge on any atom is -0.462 e. The summed E-state index contributed by atoms with van der Waals surface area (Å²) in [5.41, 5.74) is 3.00. The number of allylic oxidation sites excluding steroid dienone is 3. The molecule has 2 heterocycles. The summed E-state index contributed by atoms with van der Waals surface area (Å²) in [5.74, 6) is -0.404. The van der Waals surface area contributed by atoms with Gasteiger partial charge in [0, 0.05) is 19.6 Å². The van der Waals surface area contributed by atoms with Crippen LogP contribution in [0.4, 0.5) is 9.93 Å². The number of amides is 2. The lowest BCUT2D eigenvalue weighted by atomic mass is 10.0. The maximum Gasteiger partial charge on any atom is 0.350 e. The number of carbonyl (C=O) groups is 2. The van der Waals surface area contributed by atoms with Gasteiger partial charge in [-0.1, -0.05) is 30.1 Å². The molecule has 0 atom stereocenters. The number of aromatic nitrogens is 1. The number of nitrogens with zero attached hydrogens (tertiary/aromatic N) is 4. The van der Waals surface area contributed by atoms with E-state index in [0.29, 0.717) is 47.7 Å². The first-order valence-electron chi connectivity index (χ1n) is 8.45. The zero-order chi connectivity index (χ0) is 19.6. The molecule has 1 aromatic heterocycles. The summed E-state index contributed by atoms with van der Waals surface area (Å²) in [5, 5.41) is 0.516. The van der Waals surface area contributed by atoms with E-state index in [2.05, 4.69) is 28.8 Å². The van der Waals surface area contributed by atoms with Crippen molar-refractivity contribution in [2.24, 2.45) is 4.40 Å². The van der Waals surface area contributed by atoms with E-state index in [4.69, 9.17) is 4.74 Å². The van der Waals surface area contributed by atoms with Crippen LogP contribution in [0.1, 0.15) is 22.3 Å². The van der Waals surface area contributed by atoms with Gasteiger partial charge in [-0.05, 0) is 43.9 Å². The molecule has 0 bridgehead atoms. The highest BCUT2D eigenvalue weighted by atomic mass is 32.1. The Balaban J connectivity index is 1.72. The Labute approximate surface area is 167 Å². The monoisotopic (exact) mass is 404 g/mol. The molecule has 0 unspecified atom stereocenters. The van der Waals surface area contributed by atoms with Crippen LogP contribution >= 0.6 is 24.2 Å². The van der Waals surface area contributed by atoms with Gasteiger partial charge in [-0.15, -0.1) is 0 Å². The fourth-order valence-corrected chi connectivity index (χ4v) is 3.98. The Kier molecular flexibility index (Phi) is 5.81. The van der Waals surface area contributed by atoms with Gasteiger partial charge >= 0.3 is 12.0 Å². The average Bonchev–Trinajstić information content (AvgIpc) is 3.20. The van der Waals surface area contributed by atoms with Crippen molar-refractivity contribution in [1.29, 1.82) is 0 Å². The van der Waals surface area contributed by atoms with E-state index in [1.807, 2.05) is 18.2 Å². The van der Waals surface area contributed by atoms with Gasteiger partial charge in [0.15, 0.2) is 5.13 Å². The number of urea groups is 1. The van der Waals surface area contributed by atoms with Gasteiger partial charge in [0.25, 0.3) is 0 Å². The van der Waals surface area contributed by atoms with Crippen LogP contribution in [-0.4, -0.2) is 53.8 Å². The van der Waals surface area contributed by atoms with Crippen LogP contribution in [0.3, 0.4) is 0 Å². The molecule has 0 spiro atoms. The number of thiol groups is 1. The predicted octanol–water partition coefficient (Wildman–Crippen LogP) is 3.21. The maximum atomic E-state index is 12.8. The minimum atomic E-state index is -0.404. The van der Waals surface area contributed by atoms with Crippen molar-refractivity contribution in [1.82, 2.24) is 9.88 Å². The quantitative estimate of drug-likeness (QED) is 0.604. The van der Waals surface area contributed by atoms with Crippen molar-refractivity contribution in [2.75, 3.05) is 31.1 Å². The second kappa shape index (κ2) is 8.10. The van der Waals surface area contributed by atoms with Crippen molar-refractivity contribution in [3.05, 3.63) is 46.5 Å². The van der Waals surface area contributed by atoms with Crippen LogP contribution in [0.5, 0.6) is 0 Å². The first-order chi connectivity index (χ1) is 12.9. The van der Waals surface area contributed by atoms with E-state index in [-0.39, 0.29) is 6.03 Å². The molecule has 9 heteroatoms. The summed E-state index contributed by atoms with van der Waals surface area (Å²) in [7, 11) is 0. The Morgan fingerprint density at radius 2 is 2.22 bits per heavy atom. The Bertz CT molecular complexity index is 885. The number of carbonyl (C=O) groups excluding carboxylic acids is 2. The number of rotatable bonds is 5. The van der Waals surface area contributed by atoms with Gasteiger partial charge in [-0.3, -0.25) is 4.90 Å². The molecule has 1 aliphatic carbocycles. The zero-order valence-electron chi connectivity index (χ0n) is 15.1. The topological polar surface area (TPSA) is 75.1 Å². The number of thiazole rings is 1. The Morgan fingerprint density at radius 1 is 1.44 bits per heavy atom. The second-order valence-corrected chi connectivity index (χ2v) is 7.23. The van der Waals surface area contributed by atoms with E-state index < -0.39 is 5.97 Å². The highest BCUT2D eigenvalue weighted by molar-refractivity contribution is 7.79. The summed E-state index contributed by atoms with van der Waals surface area (Å²) in [6.45, 7) is 9.24. The number of anilines is 1. The average molecular weight is 405 g/mol. The molecule has 27 heavy (non-hydrogen) atoms. The molecule has 7 nitrogen and oxygen atoms in total. The lowest BCUT2D eigenvalue weighted by molar-refractivity contribution is 0.0531. The van der Waals surface area contributed by atoms with Gasteiger partial charge in [-0.25, -0.2) is 19.0 Å². The largest absolute Gasteiger partial charge is 0.462 e. The van der Waals surface area contributed by atoms with Gasteiger partial charge in [-0.2, -0.15) is 0 Å². The van der Waals surface area contributed by atoms with Gasteiger partial charge in [0.2, 0.25) is 0 Å². The van der Waals surface area contributed by atoms with Crippen LogP contribution < -0.4 is 4.90 Å². The fraction of sp³-hybridized carbons (Fsp3) is 0.333. The lowest BCUT2D eigenvalue weighted by Gasteiger charge is -2.19. The molecule has 2 aliphatic rings. The van der Waals surface area contributed by atoms with E-state index in [9.17, 15) is 9.59 Å². The van der Waals surface area contributed by atoms with Crippen LogP contribution in [-0.2, 0) is 4.74 Å². The van der Waals surface area contributed by atoms with Crippen LogP contribution in [0, 0.1) is 6.92 Å². The first kappa shape index (κ1) is 19.4. The molecule has 1 aromatic rings. The van der Waals surface area contributed by atoms with Crippen molar-refractivity contribution in [3.63, 3.8) is 0 Å². The summed E-state index contributed by atoms with van der Waals surface area (Å²) >= 11 is 5.13. The molecular formula is C18H20N4O3S2. The SMILES string of the molecule is C=C1C=CC(CN2CCN(c3nc(C)c(C(=O)OCC)s3)C2=O)=C/C1=N/S. The third-order valence-corrected chi connectivity index (χ3v) is 5.58. The predicted molar refractivity (Wildman–Crippen MR) is 110 cm³/mol. The molecule has 0 saturated carbocycles. The summed E-state index contributed by atoms with van der Waals surface area (Å²) in [6, 6.07) is -0.137. The molecule has 2 amide bonds. The molecule has 0 radical (unpaired) electrons. The number of hydrogen-bond donors (Lipinski definition) is 1. The fourth-order valence-electron chi connectivity index (χ4n) is 2.81. The Morgan fingerprint density at radius 3 is 2.93 bits per heavy atom. The molecule has 0 aromatic carbocycles. The molecule has 3 rings (SSSR count). The van der Waals surface area contributed by atoms with Gasteiger partial charge in [0.05, 0.1) is 18.0 Å². The number of esters is 1. The number of hydrogen-bond acceptors (Lipinski definition) is 7. The zero-order valence-corrected chi connectivity index (χ0v) is 16.8. The van der Waals surface area contributed by atoms with Gasteiger partial charge in [0.1, 0.15) is 4.88 Å². The molecule has 142 valence electrons. The first-order valence-corrected chi connectivity index (χ1v) is 9.67. The lowest BCUT2D eigenvalue weighted by Crippen LogP contribution is -2.33. The van der Waals surface area contributed by atoms with Crippen LogP contribution in [0.15, 0.2) is 40.4 Å². The minimum absolute atomic E-state index is 0.137. The summed E-state index contributed by atoms with van der Waals surface area (Å²) in [6.07, 6.45) is 5.66. The third kappa shape index (κ3) is 3.98. The van der Waals surface area contributed by atoms with Gasteiger partial charge < -0.3 is 9.64 Å². The molecule has 1 fully saturated rings. The van der Waals surface area contributed by atoms with Crippen molar-refractivity contribution in [2.45, 2.75) is 13.8 Å². The van der Waals surface area contributed by atoms with E-state index in [0.717, 1.165) is 11.1 Å². The molecular weight excluding hydrogens is 384 g/mol. The number of aryl methyl sites for hydroxylation is 1. The molecule has 1 saturated heterocycles. The highest BCUT2D eigenvalue weighted by Gasteiger charge is 2.33. The van der Waals surface area contributed by atoms with Crippen molar-refractivity contribution < 1.29 is 14.3 Å². The standard InChI is InChI=1S/C18H20N4O3S2/c1-4-25-16(23)15-12(3)19-17(27-15)22-8-7-21(18(22)24)10-13-6-5-11(2)14(9-13)20-26/h5-6,9,26H,2,4,7-8,10H2,1,3H3/b20-14-. The van der Waals surface area contributed by atoms with E-state index >= 15 is 0 Å². The Hall–Kier alpha value is -2.39. The van der Waals surface area contributed by atoms with E-state index in [1.165, 1.54) is 11.3 Å². The van der Waals surface area contributed by atoms with Crippen molar-refractivity contribution in [3.8, 4) is 0 Å².